The second-order valence-electron chi connectivity index (χ2n) is 5.95. The van der Waals surface area contributed by atoms with Gasteiger partial charge in [0.15, 0.2) is 0 Å². The van der Waals surface area contributed by atoms with Crippen LogP contribution in [-0.2, 0) is 4.79 Å². The van der Waals surface area contributed by atoms with Crippen molar-refractivity contribution in [1.82, 2.24) is 4.90 Å². The van der Waals surface area contributed by atoms with Gasteiger partial charge in [0.1, 0.15) is 6.04 Å². The van der Waals surface area contributed by atoms with E-state index in [0.717, 1.165) is 32.1 Å². The van der Waals surface area contributed by atoms with Gasteiger partial charge in [-0.1, -0.05) is 26.2 Å². The fourth-order valence-corrected chi connectivity index (χ4v) is 3.61. The van der Waals surface area contributed by atoms with E-state index in [0.29, 0.717) is 5.92 Å². The first-order valence-electron chi connectivity index (χ1n) is 7.66. The van der Waals surface area contributed by atoms with Crippen LogP contribution in [0.5, 0.6) is 0 Å². The van der Waals surface area contributed by atoms with Gasteiger partial charge in [0.25, 0.3) is 0 Å². The lowest BCUT2D eigenvalue weighted by molar-refractivity contribution is -0.136. The zero-order valence-corrected chi connectivity index (χ0v) is 11.8. The van der Waals surface area contributed by atoms with E-state index in [1.165, 1.54) is 19.3 Å². The van der Waals surface area contributed by atoms with Crippen LogP contribution < -0.4 is 5.73 Å². The molecule has 3 atom stereocenters. The van der Waals surface area contributed by atoms with Crippen molar-refractivity contribution in [2.24, 2.45) is 11.7 Å². The molecule has 4 nitrogen and oxygen atoms in total. The number of likely N-dealkylation sites (tertiary alicyclic amines) is 1. The number of amides is 1. The lowest BCUT2D eigenvalue weighted by atomic mass is 9.83. The minimum atomic E-state index is -0.400. The Balaban J connectivity index is 2.05. The molecular weight excluding hydrogens is 238 g/mol. The fraction of sp³-hybridized carbons (Fsp3) is 0.867. The average molecular weight is 263 g/mol. The highest BCUT2D eigenvalue weighted by Gasteiger charge is 2.39. The number of nitrogens with zero attached hydrogens (tertiary/aromatic N) is 2. The monoisotopic (exact) mass is 263 g/mol. The van der Waals surface area contributed by atoms with Gasteiger partial charge in [0.05, 0.1) is 12.1 Å². The predicted molar refractivity (Wildman–Crippen MR) is 74.1 cm³/mol. The van der Waals surface area contributed by atoms with Gasteiger partial charge in [0.2, 0.25) is 5.91 Å². The van der Waals surface area contributed by atoms with Crippen LogP contribution in [0.2, 0.25) is 0 Å². The van der Waals surface area contributed by atoms with Gasteiger partial charge in [-0.2, -0.15) is 5.26 Å². The highest BCUT2D eigenvalue weighted by atomic mass is 16.2. The van der Waals surface area contributed by atoms with Gasteiger partial charge >= 0.3 is 0 Å². The molecule has 19 heavy (non-hydrogen) atoms. The molecule has 1 heterocycles. The summed E-state index contributed by atoms with van der Waals surface area (Å²) in [6, 6.07) is 1.82. The third-order valence-electron chi connectivity index (χ3n) is 4.82. The second-order valence-corrected chi connectivity index (χ2v) is 5.95. The summed E-state index contributed by atoms with van der Waals surface area (Å²) in [4.78, 5) is 14.4. The predicted octanol–water partition coefficient (Wildman–Crippen LogP) is 2.19. The van der Waals surface area contributed by atoms with Crippen LogP contribution in [0.25, 0.3) is 0 Å². The average Bonchev–Trinajstić information content (AvgIpc) is 2.89. The first-order valence-corrected chi connectivity index (χ1v) is 7.66. The molecule has 0 aromatic rings. The van der Waals surface area contributed by atoms with E-state index in [1.54, 1.807) is 4.90 Å². The zero-order chi connectivity index (χ0) is 13.8. The Morgan fingerprint density at radius 1 is 1.32 bits per heavy atom. The summed E-state index contributed by atoms with van der Waals surface area (Å²) in [5.41, 5.74) is 6.20. The summed E-state index contributed by atoms with van der Waals surface area (Å²) >= 11 is 0. The Kier molecular flexibility index (Phi) is 4.81. The molecule has 2 unspecified atom stereocenters. The number of rotatable bonds is 3. The van der Waals surface area contributed by atoms with E-state index in [9.17, 15) is 10.1 Å². The normalized spacial score (nSPS) is 30.1. The maximum absolute atomic E-state index is 12.6. The molecule has 1 saturated carbocycles. The summed E-state index contributed by atoms with van der Waals surface area (Å²) in [5.74, 6) is 0.335. The van der Waals surface area contributed by atoms with E-state index in [4.69, 9.17) is 5.73 Å². The number of carbonyl (C=O) groups excluding carboxylic acids is 1. The molecule has 1 amide bonds. The summed E-state index contributed by atoms with van der Waals surface area (Å²) in [6.07, 6.45) is 8.43. The van der Waals surface area contributed by atoms with Crippen LogP contribution in [0.15, 0.2) is 0 Å². The molecule has 0 spiro atoms. The summed E-state index contributed by atoms with van der Waals surface area (Å²) in [6.45, 7) is 2.08. The van der Waals surface area contributed by atoms with Gasteiger partial charge in [0, 0.05) is 6.04 Å². The van der Waals surface area contributed by atoms with Crippen LogP contribution in [0, 0.1) is 17.2 Å². The zero-order valence-electron chi connectivity index (χ0n) is 11.8. The van der Waals surface area contributed by atoms with Gasteiger partial charge in [-0.05, 0) is 38.0 Å². The standard InChI is InChI=1S/C15H25N3O/c1-2-12-8-9-13(10-16)18(12)15(19)14(17)11-6-4-3-5-7-11/h11-14H,2-9,17H2,1H3/t12?,13?,14-/m0/s1. The van der Waals surface area contributed by atoms with Gasteiger partial charge in [-0.3, -0.25) is 4.79 Å². The Hall–Kier alpha value is -1.08. The number of nitrogens with two attached hydrogens (primary N) is 1. The maximum Gasteiger partial charge on any atom is 0.241 e. The highest BCUT2D eigenvalue weighted by molar-refractivity contribution is 5.83. The highest BCUT2D eigenvalue weighted by Crippen LogP contribution is 2.31. The molecule has 0 radical (unpaired) electrons. The van der Waals surface area contributed by atoms with E-state index in [-0.39, 0.29) is 18.0 Å². The molecule has 0 aromatic heterocycles. The maximum atomic E-state index is 12.6. The van der Waals surface area contributed by atoms with Gasteiger partial charge in [-0.15, -0.1) is 0 Å². The van der Waals surface area contributed by atoms with Crippen molar-refractivity contribution in [3.8, 4) is 6.07 Å². The quantitative estimate of drug-likeness (QED) is 0.848. The first-order chi connectivity index (χ1) is 9.19. The lowest BCUT2D eigenvalue weighted by Crippen LogP contribution is -2.52. The fourth-order valence-electron chi connectivity index (χ4n) is 3.61. The van der Waals surface area contributed by atoms with Crippen molar-refractivity contribution in [1.29, 1.82) is 5.26 Å². The van der Waals surface area contributed by atoms with E-state index >= 15 is 0 Å². The van der Waals surface area contributed by atoms with Crippen molar-refractivity contribution in [3.05, 3.63) is 0 Å². The van der Waals surface area contributed by atoms with Crippen LogP contribution >= 0.6 is 0 Å². The third kappa shape index (κ3) is 2.92. The molecular formula is C15H25N3O. The minimum Gasteiger partial charge on any atom is -0.322 e. The third-order valence-corrected chi connectivity index (χ3v) is 4.82. The van der Waals surface area contributed by atoms with E-state index in [1.807, 2.05) is 0 Å². The smallest absolute Gasteiger partial charge is 0.241 e. The molecule has 2 N–H and O–H groups in total. The molecule has 1 aliphatic carbocycles. The van der Waals surface area contributed by atoms with Crippen molar-refractivity contribution < 1.29 is 4.79 Å². The first kappa shape index (κ1) is 14.3. The molecule has 2 rings (SSSR count). The van der Waals surface area contributed by atoms with Crippen LogP contribution in [0.4, 0.5) is 0 Å². The Bertz CT molecular complexity index is 357. The number of hydrogen-bond acceptors (Lipinski definition) is 3. The Labute approximate surface area is 115 Å². The summed E-state index contributed by atoms with van der Waals surface area (Å²) in [5, 5.41) is 9.21. The molecule has 1 saturated heterocycles. The molecule has 4 heteroatoms. The molecule has 106 valence electrons. The van der Waals surface area contributed by atoms with E-state index < -0.39 is 6.04 Å². The largest absolute Gasteiger partial charge is 0.322 e. The van der Waals surface area contributed by atoms with Crippen molar-refractivity contribution in [3.63, 3.8) is 0 Å². The van der Waals surface area contributed by atoms with Crippen LogP contribution in [0.3, 0.4) is 0 Å². The van der Waals surface area contributed by atoms with Gasteiger partial charge < -0.3 is 10.6 Å². The van der Waals surface area contributed by atoms with Crippen LogP contribution in [-0.4, -0.2) is 28.9 Å². The number of hydrogen-bond donors (Lipinski definition) is 1. The van der Waals surface area contributed by atoms with Crippen molar-refractivity contribution in [2.75, 3.05) is 0 Å². The van der Waals surface area contributed by atoms with E-state index in [2.05, 4.69) is 13.0 Å². The molecule has 2 aliphatic rings. The van der Waals surface area contributed by atoms with Crippen molar-refractivity contribution in [2.45, 2.75) is 76.4 Å². The molecule has 2 fully saturated rings. The molecule has 1 aliphatic heterocycles. The van der Waals surface area contributed by atoms with Gasteiger partial charge in [-0.25, -0.2) is 0 Å². The number of carbonyl (C=O) groups is 1. The SMILES string of the molecule is CCC1CCC(C#N)N1C(=O)[C@@H](N)C1CCCCC1. The molecule has 0 aromatic carbocycles. The number of nitriles is 1. The molecule has 0 bridgehead atoms. The van der Waals surface area contributed by atoms with Crippen LogP contribution in [0.1, 0.15) is 58.3 Å². The Morgan fingerprint density at radius 3 is 2.58 bits per heavy atom. The summed E-state index contributed by atoms with van der Waals surface area (Å²) in [7, 11) is 0. The van der Waals surface area contributed by atoms with Crippen molar-refractivity contribution >= 4 is 5.91 Å². The Morgan fingerprint density at radius 2 is 2.00 bits per heavy atom. The summed E-state index contributed by atoms with van der Waals surface area (Å²) < 4.78 is 0. The lowest BCUT2D eigenvalue weighted by Gasteiger charge is -2.33. The minimum absolute atomic E-state index is 0.0165. The second kappa shape index (κ2) is 6.38. The topological polar surface area (TPSA) is 70.1 Å².